The Bertz CT molecular complexity index is 605. The summed E-state index contributed by atoms with van der Waals surface area (Å²) in [7, 11) is 0. The number of halogens is 2. The van der Waals surface area contributed by atoms with E-state index >= 15 is 0 Å². The Morgan fingerprint density at radius 2 is 2.37 bits per heavy atom. The van der Waals surface area contributed by atoms with E-state index in [4.69, 9.17) is 16.3 Å². The van der Waals surface area contributed by atoms with E-state index in [1.54, 1.807) is 0 Å². The Hall–Kier alpha value is -0.580. The van der Waals surface area contributed by atoms with Gasteiger partial charge in [-0.1, -0.05) is 15.9 Å². The number of alkyl halides is 1. The quantitative estimate of drug-likeness (QED) is 0.784. The summed E-state index contributed by atoms with van der Waals surface area (Å²) < 4.78 is 9.12. The number of aromatic nitrogens is 2. The normalized spacial score (nSPS) is 23.3. The lowest BCUT2D eigenvalue weighted by Gasteiger charge is -2.24. The minimum absolute atomic E-state index is 0.0957. The second-order valence-electron chi connectivity index (χ2n) is 5.28. The molecule has 2 aromatic rings. The standard InChI is InChI=1S/C14H16BrClN2O/c1-14(5-2-6-19-14)9-18-12-4-3-10(15)7-11(12)17-13(18)8-16/h3-4,7H,2,5-6,8-9H2,1H3. The first kappa shape index (κ1) is 13.4. The third-order valence-electron chi connectivity index (χ3n) is 3.70. The highest BCUT2D eigenvalue weighted by molar-refractivity contribution is 9.10. The van der Waals surface area contributed by atoms with Gasteiger partial charge >= 0.3 is 0 Å². The van der Waals surface area contributed by atoms with E-state index < -0.39 is 0 Å². The maximum atomic E-state index is 6.04. The molecule has 2 heterocycles. The SMILES string of the molecule is CC1(Cn2c(CCl)nc3cc(Br)ccc32)CCCO1. The summed E-state index contributed by atoms with van der Waals surface area (Å²) in [6.45, 7) is 3.83. The summed E-state index contributed by atoms with van der Waals surface area (Å²) in [4.78, 5) is 4.61. The van der Waals surface area contributed by atoms with Gasteiger partial charge in [0.1, 0.15) is 5.82 Å². The highest BCUT2D eigenvalue weighted by Gasteiger charge is 2.31. The van der Waals surface area contributed by atoms with Crippen molar-refractivity contribution in [2.24, 2.45) is 0 Å². The van der Waals surface area contributed by atoms with Crippen LogP contribution in [0.5, 0.6) is 0 Å². The zero-order valence-electron chi connectivity index (χ0n) is 10.8. The average molecular weight is 344 g/mol. The second-order valence-corrected chi connectivity index (χ2v) is 6.47. The molecule has 5 heteroatoms. The zero-order chi connectivity index (χ0) is 13.5. The van der Waals surface area contributed by atoms with Crippen LogP contribution in [0.3, 0.4) is 0 Å². The van der Waals surface area contributed by atoms with Gasteiger partial charge < -0.3 is 9.30 Å². The van der Waals surface area contributed by atoms with Crippen molar-refractivity contribution in [3.63, 3.8) is 0 Å². The van der Waals surface area contributed by atoms with E-state index in [9.17, 15) is 0 Å². The third-order valence-corrected chi connectivity index (χ3v) is 4.43. The first-order chi connectivity index (χ1) is 9.11. The number of imidazole rings is 1. The van der Waals surface area contributed by atoms with Gasteiger partial charge in [-0.2, -0.15) is 0 Å². The van der Waals surface area contributed by atoms with Crippen LogP contribution in [-0.4, -0.2) is 21.8 Å². The van der Waals surface area contributed by atoms with Crippen molar-refractivity contribution in [2.45, 2.75) is 37.8 Å². The van der Waals surface area contributed by atoms with Crippen LogP contribution in [0.15, 0.2) is 22.7 Å². The van der Waals surface area contributed by atoms with E-state index in [0.717, 1.165) is 47.3 Å². The second kappa shape index (κ2) is 5.08. The highest BCUT2D eigenvalue weighted by atomic mass is 79.9. The summed E-state index contributed by atoms with van der Waals surface area (Å²) in [6.07, 6.45) is 2.22. The van der Waals surface area contributed by atoms with E-state index in [1.165, 1.54) is 0 Å². The molecule has 0 aliphatic carbocycles. The van der Waals surface area contributed by atoms with Crippen molar-refractivity contribution in [1.82, 2.24) is 9.55 Å². The minimum atomic E-state index is -0.0957. The molecule has 1 unspecified atom stereocenters. The Kier molecular flexibility index (Phi) is 3.58. The molecule has 3 nitrogen and oxygen atoms in total. The lowest BCUT2D eigenvalue weighted by atomic mass is 10.0. The molecule has 1 atom stereocenters. The minimum Gasteiger partial charge on any atom is -0.373 e. The van der Waals surface area contributed by atoms with Crippen LogP contribution >= 0.6 is 27.5 Å². The van der Waals surface area contributed by atoms with E-state index in [1.807, 2.05) is 12.1 Å². The van der Waals surface area contributed by atoms with Crippen LogP contribution < -0.4 is 0 Å². The van der Waals surface area contributed by atoms with Crippen LogP contribution in [0, 0.1) is 0 Å². The van der Waals surface area contributed by atoms with E-state index in [-0.39, 0.29) is 5.60 Å². The monoisotopic (exact) mass is 342 g/mol. The lowest BCUT2D eigenvalue weighted by Crippen LogP contribution is -2.30. The fraction of sp³-hybridized carbons (Fsp3) is 0.500. The Morgan fingerprint density at radius 3 is 3.05 bits per heavy atom. The summed E-state index contributed by atoms with van der Waals surface area (Å²) in [5.41, 5.74) is 2.00. The van der Waals surface area contributed by atoms with Crippen molar-refractivity contribution in [1.29, 1.82) is 0 Å². The van der Waals surface area contributed by atoms with Gasteiger partial charge in [0.2, 0.25) is 0 Å². The van der Waals surface area contributed by atoms with Gasteiger partial charge in [-0.15, -0.1) is 11.6 Å². The number of hydrogen-bond acceptors (Lipinski definition) is 2. The molecule has 0 saturated carbocycles. The average Bonchev–Trinajstić information content (AvgIpc) is 2.94. The van der Waals surface area contributed by atoms with Crippen LogP contribution in [0.4, 0.5) is 0 Å². The lowest BCUT2D eigenvalue weighted by molar-refractivity contribution is 0.00661. The molecule has 0 bridgehead atoms. The zero-order valence-corrected chi connectivity index (χ0v) is 13.2. The first-order valence-electron chi connectivity index (χ1n) is 6.46. The van der Waals surface area contributed by atoms with Gasteiger partial charge in [0.05, 0.1) is 29.1 Å². The van der Waals surface area contributed by atoms with Crippen LogP contribution in [0.1, 0.15) is 25.6 Å². The summed E-state index contributed by atoms with van der Waals surface area (Å²) >= 11 is 9.52. The van der Waals surface area contributed by atoms with Gasteiger partial charge in [-0.3, -0.25) is 0 Å². The third kappa shape index (κ3) is 2.54. The molecule has 102 valence electrons. The van der Waals surface area contributed by atoms with Crippen molar-refractivity contribution < 1.29 is 4.74 Å². The molecular weight excluding hydrogens is 328 g/mol. The maximum absolute atomic E-state index is 6.04. The number of nitrogens with zero attached hydrogens (tertiary/aromatic N) is 2. The highest BCUT2D eigenvalue weighted by Crippen LogP contribution is 2.30. The molecule has 0 spiro atoms. The smallest absolute Gasteiger partial charge is 0.124 e. The van der Waals surface area contributed by atoms with Gasteiger partial charge in [-0.05, 0) is 38.0 Å². The van der Waals surface area contributed by atoms with E-state index in [2.05, 4.69) is 38.5 Å². The molecule has 1 aliphatic heterocycles. The summed E-state index contributed by atoms with van der Waals surface area (Å²) in [6, 6.07) is 6.15. The number of rotatable bonds is 3. The van der Waals surface area contributed by atoms with Crippen molar-refractivity contribution in [2.75, 3.05) is 6.61 Å². The fourth-order valence-corrected chi connectivity index (χ4v) is 3.28. The van der Waals surface area contributed by atoms with Gasteiger partial charge in [0.25, 0.3) is 0 Å². The molecule has 1 aromatic heterocycles. The van der Waals surface area contributed by atoms with Crippen molar-refractivity contribution >= 4 is 38.6 Å². The number of ether oxygens (including phenoxy) is 1. The molecular formula is C14H16BrClN2O. The molecule has 19 heavy (non-hydrogen) atoms. The molecule has 0 N–H and O–H groups in total. The number of hydrogen-bond donors (Lipinski definition) is 0. The molecule has 3 rings (SSSR count). The predicted molar refractivity (Wildman–Crippen MR) is 80.6 cm³/mol. The Labute approximate surface area is 126 Å². The van der Waals surface area contributed by atoms with Crippen LogP contribution in [0.25, 0.3) is 11.0 Å². The molecule has 1 aliphatic rings. The van der Waals surface area contributed by atoms with Crippen molar-refractivity contribution in [3.8, 4) is 0 Å². The molecule has 0 radical (unpaired) electrons. The van der Waals surface area contributed by atoms with Crippen LogP contribution in [0.2, 0.25) is 0 Å². The number of benzene rings is 1. The summed E-state index contributed by atoms with van der Waals surface area (Å²) in [5, 5.41) is 0. The van der Waals surface area contributed by atoms with Gasteiger partial charge in [0.15, 0.2) is 0 Å². The number of fused-ring (bicyclic) bond motifs is 1. The predicted octanol–water partition coefficient (Wildman–Crippen LogP) is 4.11. The van der Waals surface area contributed by atoms with Gasteiger partial charge in [0, 0.05) is 11.1 Å². The summed E-state index contributed by atoms with van der Waals surface area (Å²) in [5.74, 6) is 1.33. The van der Waals surface area contributed by atoms with Gasteiger partial charge in [-0.25, -0.2) is 4.98 Å². The van der Waals surface area contributed by atoms with E-state index in [0.29, 0.717) is 5.88 Å². The van der Waals surface area contributed by atoms with Crippen LogP contribution in [-0.2, 0) is 17.2 Å². The Balaban J connectivity index is 2.05. The fourth-order valence-electron chi connectivity index (χ4n) is 2.73. The molecule has 1 aromatic carbocycles. The molecule has 1 fully saturated rings. The van der Waals surface area contributed by atoms with Crippen molar-refractivity contribution in [3.05, 3.63) is 28.5 Å². The topological polar surface area (TPSA) is 27.1 Å². The largest absolute Gasteiger partial charge is 0.373 e. The molecule has 0 amide bonds. The Morgan fingerprint density at radius 1 is 1.53 bits per heavy atom. The molecule has 1 saturated heterocycles. The first-order valence-corrected chi connectivity index (χ1v) is 7.79. The maximum Gasteiger partial charge on any atom is 0.124 e.